The molecule has 0 radical (unpaired) electrons. The fourth-order valence-electron chi connectivity index (χ4n) is 4.49. The predicted octanol–water partition coefficient (Wildman–Crippen LogP) is 7.00. The molecule has 3 aromatic rings. The normalized spacial score (nSPS) is 12.2. The lowest BCUT2D eigenvalue weighted by atomic mass is 9.94. The Morgan fingerprint density at radius 3 is 2.33 bits per heavy atom. The molecule has 0 unspecified atom stereocenters. The van der Waals surface area contributed by atoms with Crippen molar-refractivity contribution in [3.05, 3.63) is 70.1 Å². The number of halogens is 2. The molecule has 0 bridgehead atoms. The van der Waals surface area contributed by atoms with Crippen molar-refractivity contribution in [2.75, 3.05) is 0 Å². The van der Waals surface area contributed by atoms with Gasteiger partial charge < -0.3 is 9.67 Å². The van der Waals surface area contributed by atoms with Crippen LogP contribution in [-0.2, 0) is 24.7 Å². The summed E-state index contributed by atoms with van der Waals surface area (Å²) in [5.74, 6) is -1.36. The van der Waals surface area contributed by atoms with Gasteiger partial charge >= 0.3 is 5.97 Å². The van der Waals surface area contributed by atoms with E-state index in [-0.39, 0.29) is 30.4 Å². The quantitative estimate of drug-likeness (QED) is 0.228. The summed E-state index contributed by atoms with van der Waals surface area (Å²) in [5, 5.41) is 10.5. The Morgan fingerprint density at radius 1 is 1.00 bits per heavy atom. The maximum atomic E-state index is 13.2. The van der Waals surface area contributed by atoms with Gasteiger partial charge in [-0.3, -0.25) is 9.59 Å². The zero-order chi connectivity index (χ0) is 24.0. The van der Waals surface area contributed by atoms with Crippen LogP contribution < -0.4 is 0 Å². The molecule has 0 aliphatic carbocycles. The lowest BCUT2D eigenvalue weighted by Crippen LogP contribution is -2.12. The van der Waals surface area contributed by atoms with E-state index in [0.717, 1.165) is 60.7 Å². The monoisotopic (exact) mass is 471 g/mol. The second-order valence-electron chi connectivity index (χ2n) is 8.91. The van der Waals surface area contributed by atoms with E-state index in [1.165, 1.54) is 12.1 Å². The molecule has 1 N–H and O–H groups in total. The standard InChI is InChI=1S/C27H31ClFNO3/c1-18(16-26(32)33)15-25(31)27-22-17-20(28)11-14-23(22)30(2)24(27)8-6-4-3-5-7-19-9-12-21(29)13-10-19/h9-14,17-18H,3-8,15-16H2,1-2H3,(H,32,33)/t18-/m0/s1. The number of Topliss-reactive ketones (excluding diaryl/α,β-unsaturated/α-hetero) is 1. The van der Waals surface area contributed by atoms with Gasteiger partial charge in [-0.2, -0.15) is 0 Å². The molecule has 0 amide bonds. The van der Waals surface area contributed by atoms with Crippen LogP contribution in [0.3, 0.4) is 0 Å². The fourth-order valence-corrected chi connectivity index (χ4v) is 4.66. The molecule has 1 atom stereocenters. The number of aromatic nitrogens is 1. The van der Waals surface area contributed by atoms with Gasteiger partial charge in [-0.05, 0) is 67.5 Å². The number of fused-ring (bicyclic) bond motifs is 1. The zero-order valence-electron chi connectivity index (χ0n) is 19.2. The molecule has 176 valence electrons. The van der Waals surface area contributed by atoms with Crippen LogP contribution in [0.25, 0.3) is 10.9 Å². The first-order valence-corrected chi connectivity index (χ1v) is 11.9. The molecule has 0 fully saturated rings. The third-order valence-corrected chi connectivity index (χ3v) is 6.40. The summed E-state index contributed by atoms with van der Waals surface area (Å²) in [6.07, 6.45) is 5.95. The van der Waals surface area contributed by atoms with Gasteiger partial charge in [-0.15, -0.1) is 0 Å². The average Bonchev–Trinajstić information content (AvgIpc) is 3.02. The van der Waals surface area contributed by atoms with Crippen molar-refractivity contribution in [3.8, 4) is 0 Å². The van der Waals surface area contributed by atoms with Crippen LogP contribution in [0.1, 0.15) is 67.1 Å². The Labute approximate surface area is 199 Å². The second-order valence-corrected chi connectivity index (χ2v) is 9.35. The summed E-state index contributed by atoms with van der Waals surface area (Å²) >= 11 is 6.23. The van der Waals surface area contributed by atoms with Gasteiger partial charge in [0, 0.05) is 47.1 Å². The summed E-state index contributed by atoms with van der Waals surface area (Å²) in [4.78, 5) is 24.3. The Hall–Kier alpha value is -2.66. The fraction of sp³-hybridized carbons (Fsp3) is 0.407. The molecule has 6 heteroatoms. The van der Waals surface area contributed by atoms with Gasteiger partial charge in [0.25, 0.3) is 0 Å². The van der Waals surface area contributed by atoms with E-state index < -0.39 is 5.97 Å². The molecule has 0 saturated carbocycles. The van der Waals surface area contributed by atoms with Crippen molar-refractivity contribution < 1.29 is 19.1 Å². The zero-order valence-corrected chi connectivity index (χ0v) is 20.0. The number of carbonyl (C=O) groups is 2. The van der Waals surface area contributed by atoms with Crippen molar-refractivity contribution >= 4 is 34.3 Å². The lowest BCUT2D eigenvalue weighted by molar-refractivity contribution is -0.137. The van der Waals surface area contributed by atoms with E-state index in [2.05, 4.69) is 4.57 Å². The number of hydrogen-bond acceptors (Lipinski definition) is 2. The molecule has 0 aliphatic rings. The number of carbonyl (C=O) groups excluding carboxylic acids is 1. The Morgan fingerprint density at radius 2 is 1.67 bits per heavy atom. The molecule has 0 spiro atoms. The number of ketones is 1. The third-order valence-electron chi connectivity index (χ3n) is 6.16. The van der Waals surface area contributed by atoms with Gasteiger partial charge in [0.1, 0.15) is 5.82 Å². The SMILES string of the molecule is C[C@H](CC(=O)O)CC(=O)c1c(CCCCCCc2ccc(F)cc2)n(C)c2ccc(Cl)cc12. The van der Waals surface area contributed by atoms with Gasteiger partial charge in [0.05, 0.1) is 0 Å². The molecule has 0 saturated heterocycles. The Bertz CT molecular complexity index is 1120. The molecule has 4 nitrogen and oxygen atoms in total. The maximum absolute atomic E-state index is 13.2. The molecule has 0 aliphatic heterocycles. The maximum Gasteiger partial charge on any atom is 0.303 e. The number of benzene rings is 2. The van der Waals surface area contributed by atoms with E-state index in [4.69, 9.17) is 16.7 Å². The summed E-state index contributed by atoms with van der Waals surface area (Å²) < 4.78 is 15.1. The molecular weight excluding hydrogens is 441 g/mol. The molecule has 1 aromatic heterocycles. The van der Waals surface area contributed by atoms with Crippen LogP contribution in [0, 0.1) is 11.7 Å². The third kappa shape index (κ3) is 6.67. The summed E-state index contributed by atoms with van der Waals surface area (Å²) in [6.45, 7) is 1.80. The van der Waals surface area contributed by atoms with Crippen LogP contribution in [0.2, 0.25) is 5.02 Å². The number of aryl methyl sites for hydroxylation is 2. The van der Waals surface area contributed by atoms with E-state index in [1.807, 2.05) is 37.4 Å². The van der Waals surface area contributed by atoms with Gasteiger partial charge in [-0.25, -0.2) is 4.39 Å². The van der Waals surface area contributed by atoms with Crippen molar-refractivity contribution in [2.24, 2.45) is 13.0 Å². The smallest absolute Gasteiger partial charge is 0.303 e. The number of hydrogen-bond donors (Lipinski definition) is 1. The highest BCUT2D eigenvalue weighted by Gasteiger charge is 2.23. The molecule has 2 aromatic carbocycles. The predicted molar refractivity (Wildman–Crippen MR) is 131 cm³/mol. The summed E-state index contributed by atoms with van der Waals surface area (Å²) in [5.41, 5.74) is 3.77. The van der Waals surface area contributed by atoms with Crippen LogP contribution in [-0.4, -0.2) is 21.4 Å². The second kappa shape index (κ2) is 11.5. The van der Waals surface area contributed by atoms with E-state index in [0.29, 0.717) is 10.6 Å². The van der Waals surface area contributed by atoms with Gasteiger partial charge in [0.2, 0.25) is 0 Å². The van der Waals surface area contributed by atoms with Crippen molar-refractivity contribution in [2.45, 2.75) is 58.3 Å². The molecule has 3 rings (SSSR count). The number of carboxylic acid groups (broad SMARTS) is 1. The van der Waals surface area contributed by atoms with Gasteiger partial charge in [-0.1, -0.05) is 43.5 Å². The van der Waals surface area contributed by atoms with E-state index in [1.54, 1.807) is 6.92 Å². The number of nitrogens with zero attached hydrogens (tertiary/aromatic N) is 1. The topological polar surface area (TPSA) is 59.3 Å². The first kappa shape index (κ1) is 25.0. The van der Waals surface area contributed by atoms with Crippen LogP contribution >= 0.6 is 11.6 Å². The van der Waals surface area contributed by atoms with Crippen LogP contribution in [0.5, 0.6) is 0 Å². The minimum Gasteiger partial charge on any atom is -0.481 e. The number of unbranched alkanes of at least 4 members (excludes halogenated alkanes) is 3. The number of aliphatic carboxylic acids is 1. The van der Waals surface area contributed by atoms with Gasteiger partial charge in [0.15, 0.2) is 5.78 Å². The van der Waals surface area contributed by atoms with E-state index in [9.17, 15) is 14.0 Å². The minimum atomic E-state index is -0.892. The first-order valence-electron chi connectivity index (χ1n) is 11.5. The first-order chi connectivity index (χ1) is 15.8. The molecule has 33 heavy (non-hydrogen) atoms. The van der Waals surface area contributed by atoms with E-state index >= 15 is 0 Å². The van der Waals surface area contributed by atoms with Crippen molar-refractivity contribution in [1.82, 2.24) is 4.57 Å². The Kier molecular flexibility index (Phi) is 8.67. The largest absolute Gasteiger partial charge is 0.481 e. The van der Waals surface area contributed by atoms with Crippen LogP contribution in [0.4, 0.5) is 4.39 Å². The summed E-state index contributed by atoms with van der Waals surface area (Å²) in [7, 11) is 1.97. The Balaban J connectivity index is 1.67. The van der Waals surface area contributed by atoms with Crippen molar-refractivity contribution in [3.63, 3.8) is 0 Å². The highest BCUT2D eigenvalue weighted by molar-refractivity contribution is 6.31. The molecular formula is C27H31ClFNO3. The number of carboxylic acids is 1. The van der Waals surface area contributed by atoms with Crippen LogP contribution in [0.15, 0.2) is 42.5 Å². The average molecular weight is 472 g/mol. The summed E-state index contributed by atoms with van der Waals surface area (Å²) in [6, 6.07) is 12.2. The minimum absolute atomic E-state index is 0.0251. The van der Waals surface area contributed by atoms with Crippen molar-refractivity contribution in [1.29, 1.82) is 0 Å². The number of rotatable bonds is 12. The highest BCUT2D eigenvalue weighted by Crippen LogP contribution is 2.31. The highest BCUT2D eigenvalue weighted by atomic mass is 35.5. The lowest BCUT2D eigenvalue weighted by Gasteiger charge is -2.11. The molecule has 1 heterocycles.